The molecule has 0 radical (unpaired) electrons. The molecular formula is C20H21NO2S. The van der Waals surface area contributed by atoms with Crippen molar-refractivity contribution in [2.45, 2.75) is 31.1 Å². The van der Waals surface area contributed by atoms with E-state index in [9.17, 15) is 9.59 Å². The molecule has 0 aliphatic carbocycles. The first-order valence-electron chi connectivity index (χ1n) is 8.23. The lowest BCUT2D eigenvalue weighted by molar-refractivity contribution is -0.140. The van der Waals surface area contributed by atoms with E-state index in [0.29, 0.717) is 6.42 Å². The van der Waals surface area contributed by atoms with Crippen molar-refractivity contribution in [3.8, 4) is 0 Å². The second kappa shape index (κ2) is 7.67. The van der Waals surface area contributed by atoms with Crippen molar-refractivity contribution in [1.82, 2.24) is 4.90 Å². The first-order chi connectivity index (χ1) is 11.7. The number of hydrogen-bond donors (Lipinski definition) is 0. The average Bonchev–Trinajstić information content (AvgIpc) is 2.90. The van der Waals surface area contributed by atoms with Crippen LogP contribution in [0.3, 0.4) is 0 Å². The van der Waals surface area contributed by atoms with E-state index in [2.05, 4.69) is 12.1 Å². The number of likely N-dealkylation sites (tertiary alicyclic amines) is 1. The van der Waals surface area contributed by atoms with Crippen LogP contribution in [0.4, 0.5) is 0 Å². The Balaban J connectivity index is 1.59. The largest absolute Gasteiger partial charge is 0.274 e. The summed E-state index contributed by atoms with van der Waals surface area (Å²) in [5.41, 5.74) is 2.26. The maximum Gasteiger partial charge on any atom is 0.243 e. The maximum atomic E-state index is 12.7. The molecule has 2 atom stereocenters. The number of thioether (sulfide) groups is 1. The standard InChI is InChI=1S/C20H21NO2S/c1-15(17-10-6-3-7-11-17)21-19(22)14-18(20(21)23)24-13-12-16-8-4-2-5-9-16/h2-11,15,18H,12-14H2,1H3/t15-,18?/m0/s1. The number of imide groups is 1. The highest BCUT2D eigenvalue weighted by atomic mass is 32.2. The number of nitrogens with zero attached hydrogens (tertiary/aromatic N) is 1. The van der Waals surface area contributed by atoms with E-state index in [1.165, 1.54) is 10.5 Å². The Kier molecular flexibility index (Phi) is 5.36. The summed E-state index contributed by atoms with van der Waals surface area (Å²) in [5.74, 6) is 0.740. The first-order valence-corrected chi connectivity index (χ1v) is 9.28. The third-order valence-corrected chi connectivity index (χ3v) is 5.57. The molecule has 2 aromatic rings. The van der Waals surface area contributed by atoms with Gasteiger partial charge in [-0.15, -0.1) is 11.8 Å². The van der Waals surface area contributed by atoms with Crippen LogP contribution < -0.4 is 0 Å². The summed E-state index contributed by atoms with van der Waals surface area (Å²) in [5, 5.41) is -0.243. The van der Waals surface area contributed by atoms with Crippen LogP contribution in [-0.2, 0) is 16.0 Å². The van der Waals surface area contributed by atoms with Crippen molar-refractivity contribution < 1.29 is 9.59 Å². The molecule has 1 fully saturated rings. The van der Waals surface area contributed by atoms with Gasteiger partial charge in [0.05, 0.1) is 11.3 Å². The fourth-order valence-electron chi connectivity index (χ4n) is 3.00. The normalized spacial score (nSPS) is 18.9. The van der Waals surface area contributed by atoms with Gasteiger partial charge in [0.1, 0.15) is 0 Å². The van der Waals surface area contributed by atoms with Crippen LogP contribution in [0.1, 0.15) is 30.5 Å². The Morgan fingerprint density at radius 1 is 1.04 bits per heavy atom. The van der Waals surface area contributed by atoms with Crippen molar-refractivity contribution in [2.75, 3.05) is 5.75 Å². The summed E-state index contributed by atoms with van der Waals surface area (Å²) in [4.78, 5) is 26.4. The first kappa shape index (κ1) is 16.8. The number of rotatable bonds is 6. The Bertz CT molecular complexity index is 702. The van der Waals surface area contributed by atoms with Gasteiger partial charge in [-0.2, -0.15) is 0 Å². The SMILES string of the molecule is C[C@@H](c1ccccc1)N1C(=O)CC(SCCc2ccccc2)C1=O. The molecular weight excluding hydrogens is 318 g/mol. The Hall–Kier alpha value is -2.07. The molecule has 0 aromatic heterocycles. The summed E-state index contributed by atoms with van der Waals surface area (Å²) in [6.07, 6.45) is 1.23. The van der Waals surface area contributed by atoms with Gasteiger partial charge in [-0.05, 0) is 30.2 Å². The van der Waals surface area contributed by atoms with Crippen molar-refractivity contribution >= 4 is 23.6 Å². The van der Waals surface area contributed by atoms with E-state index < -0.39 is 0 Å². The van der Waals surface area contributed by atoms with Gasteiger partial charge >= 0.3 is 0 Å². The molecule has 24 heavy (non-hydrogen) atoms. The van der Waals surface area contributed by atoms with Gasteiger partial charge in [-0.1, -0.05) is 60.7 Å². The average molecular weight is 339 g/mol. The molecule has 3 nitrogen and oxygen atoms in total. The summed E-state index contributed by atoms with van der Waals surface area (Å²) >= 11 is 1.60. The van der Waals surface area contributed by atoms with E-state index >= 15 is 0 Å². The van der Waals surface area contributed by atoms with Crippen molar-refractivity contribution in [2.24, 2.45) is 0 Å². The van der Waals surface area contributed by atoms with Gasteiger partial charge in [-0.25, -0.2) is 0 Å². The van der Waals surface area contributed by atoms with Gasteiger partial charge in [-0.3, -0.25) is 14.5 Å². The fraction of sp³-hybridized carbons (Fsp3) is 0.300. The predicted octanol–water partition coefficient (Wildman–Crippen LogP) is 3.85. The molecule has 1 heterocycles. The second-order valence-electron chi connectivity index (χ2n) is 5.99. The molecule has 2 aromatic carbocycles. The zero-order valence-corrected chi connectivity index (χ0v) is 14.5. The topological polar surface area (TPSA) is 37.4 Å². The van der Waals surface area contributed by atoms with Crippen LogP contribution in [0.5, 0.6) is 0 Å². The summed E-state index contributed by atoms with van der Waals surface area (Å²) in [7, 11) is 0. The predicted molar refractivity (Wildman–Crippen MR) is 97.7 cm³/mol. The zero-order chi connectivity index (χ0) is 16.9. The van der Waals surface area contributed by atoms with Gasteiger partial charge < -0.3 is 0 Å². The van der Waals surface area contributed by atoms with Gasteiger partial charge in [0.15, 0.2) is 0 Å². The van der Waals surface area contributed by atoms with Crippen LogP contribution >= 0.6 is 11.8 Å². The second-order valence-corrected chi connectivity index (χ2v) is 7.30. The van der Waals surface area contributed by atoms with Crippen LogP contribution in [0, 0.1) is 0 Å². The highest BCUT2D eigenvalue weighted by Gasteiger charge is 2.41. The quantitative estimate of drug-likeness (QED) is 0.750. The minimum absolute atomic E-state index is 0.0468. The minimum Gasteiger partial charge on any atom is -0.274 e. The van der Waals surface area contributed by atoms with Crippen molar-refractivity contribution in [1.29, 1.82) is 0 Å². The molecule has 0 saturated carbocycles. The lowest BCUT2D eigenvalue weighted by Gasteiger charge is -2.23. The van der Waals surface area contributed by atoms with Gasteiger partial charge in [0.2, 0.25) is 11.8 Å². The van der Waals surface area contributed by atoms with E-state index in [1.807, 2.05) is 55.5 Å². The highest BCUT2D eigenvalue weighted by molar-refractivity contribution is 8.00. The third kappa shape index (κ3) is 3.70. The summed E-state index contributed by atoms with van der Waals surface area (Å²) in [6, 6.07) is 19.7. The molecule has 0 bridgehead atoms. The number of carbonyl (C=O) groups excluding carboxylic acids is 2. The molecule has 1 aliphatic heterocycles. The summed E-state index contributed by atoms with van der Waals surface area (Å²) in [6.45, 7) is 1.92. The minimum atomic E-state index is -0.243. The summed E-state index contributed by atoms with van der Waals surface area (Å²) < 4.78 is 0. The lowest BCUT2D eigenvalue weighted by Crippen LogP contribution is -2.34. The molecule has 2 amide bonds. The number of aryl methyl sites for hydroxylation is 1. The Morgan fingerprint density at radius 2 is 1.67 bits per heavy atom. The number of benzene rings is 2. The molecule has 1 saturated heterocycles. The van der Waals surface area contributed by atoms with Gasteiger partial charge in [0, 0.05) is 6.42 Å². The maximum absolute atomic E-state index is 12.7. The van der Waals surface area contributed by atoms with E-state index in [1.54, 1.807) is 11.8 Å². The van der Waals surface area contributed by atoms with Crippen LogP contribution in [0.25, 0.3) is 0 Å². The molecule has 0 spiro atoms. The smallest absolute Gasteiger partial charge is 0.243 e. The van der Waals surface area contributed by atoms with Gasteiger partial charge in [0.25, 0.3) is 0 Å². The molecule has 1 aliphatic rings. The van der Waals surface area contributed by atoms with Crippen LogP contribution in [-0.4, -0.2) is 27.7 Å². The monoisotopic (exact) mass is 339 g/mol. The van der Waals surface area contributed by atoms with Crippen molar-refractivity contribution in [3.05, 3.63) is 71.8 Å². The Labute approximate surface area is 147 Å². The molecule has 3 rings (SSSR count). The fourth-order valence-corrected chi connectivity index (χ4v) is 4.16. The Morgan fingerprint density at radius 3 is 2.33 bits per heavy atom. The van der Waals surface area contributed by atoms with E-state index in [0.717, 1.165) is 17.7 Å². The van der Waals surface area contributed by atoms with E-state index in [-0.39, 0.29) is 23.1 Å². The van der Waals surface area contributed by atoms with E-state index in [4.69, 9.17) is 0 Å². The highest BCUT2D eigenvalue weighted by Crippen LogP contribution is 2.32. The molecule has 0 N–H and O–H groups in total. The molecule has 124 valence electrons. The number of carbonyl (C=O) groups is 2. The molecule has 1 unspecified atom stereocenters. The van der Waals surface area contributed by atoms with Crippen LogP contribution in [0.15, 0.2) is 60.7 Å². The number of hydrogen-bond acceptors (Lipinski definition) is 3. The molecule has 4 heteroatoms. The zero-order valence-electron chi connectivity index (χ0n) is 13.7. The number of amides is 2. The van der Waals surface area contributed by atoms with Crippen LogP contribution in [0.2, 0.25) is 0 Å². The third-order valence-electron chi connectivity index (χ3n) is 4.36. The van der Waals surface area contributed by atoms with Crippen molar-refractivity contribution in [3.63, 3.8) is 0 Å². The lowest BCUT2D eigenvalue weighted by atomic mass is 10.1.